The van der Waals surface area contributed by atoms with Crippen LogP contribution >= 0.6 is 0 Å². The van der Waals surface area contributed by atoms with Crippen molar-refractivity contribution in [3.63, 3.8) is 0 Å². The number of nitrogens with zero attached hydrogens (tertiary/aromatic N) is 2. The maximum Gasteiger partial charge on any atom is 0.255 e. The van der Waals surface area contributed by atoms with Crippen molar-refractivity contribution in [1.29, 1.82) is 0 Å². The first-order valence-electron chi connectivity index (χ1n) is 6.78. The molecule has 0 radical (unpaired) electrons. The third kappa shape index (κ3) is 4.05. The Labute approximate surface area is 129 Å². The monoisotopic (exact) mass is 298 g/mol. The Bertz CT molecular complexity index is 664. The van der Waals surface area contributed by atoms with Gasteiger partial charge >= 0.3 is 0 Å². The molecule has 2 N–H and O–H groups in total. The van der Waals surface area contributed by atoms with Gasteiger partial charge in [0.2, 0.25) is 5.91 Å². The molecular weight excluding hydrogens is 280 g/mol. The number of hydrogen-bond donors (Lipinski definition) is 2. The summed E-state index contributed by atoms with van der Waals surface area (Å²) in [5.41, 5.74) is 1.79. The number of carbonyl (C=O) groups excluding carboxylic acids is 2. The van der Waals surface area contributed by atoms with Crippen molar-refractivity contribution < 1.29 is 9.59 Å². The summed E-state index contributed by atoms with van der Waals surface area (Å²) in [5, 5.41) is 5.43. The number of rotatable bonds is 4. The summed E-state index contributed by atoms with van der Waals surface area (Å²) in [6, 6.07) is 10.3. The number of carbonyl (C=O) groups is 2. The van der Waals surface area contributed by atoms with Crippen LogP contribution in [0, 0.1) is 0 Å². The summed E-state index contributed by atoms with van der Waals surface area (Å²) in [4.78, 5) is 29.2. The van der Waals surface area contributed by atoms with Crippen LogP contribution in [0.2, 0.25) is 0 Å². The zero-order valence-corrected chi connectivity index (χ0v) is 12.8. The van der Waals surface area contributed by atoms with E-state index in [1.54, 1.807) is 36.5 Å². The van der Waals surface area contributed by atoms with E-state index in [1.165, 1.54) is 6.92 Å². The van der Waals surface area contributed by atoms with Gasteiger partial charge in [0.05, 0.1) is 11.9 Å². The molecule has 1 aromatic carbocycles. The van der Waals surface area contributed by atoms with Crippen LogP contribution in [0.15, 0.2) is 42.6 Å². The van der Waals surface area contributed by atoms with E-state index in [0.717, 1.165) is 5.82 Å². The lowest BCUT2D eigenvalue weighted by Crippen LogP contribution is -2.14. The van der Waals surface area contributed by atoms with Crippen molar-refractivity contribution in [2.24, 2.45) is 0 Å². The lowest BCUT2D eigenvalue weighted by atomic mass is 10.2. The second-order valence-electron chi connectivity index (χ2n) is 5.01. The van der Waals surface area contributed by atoms with Gasteiger partial charge in [0, 0.05) is 32.3 Å². The average Bonchev–Trinajstić information content (AvgIpc) is 2.48. The Morgan fingerprint density at radius 1 is 0.955 bits per heavy atom. The largest absolute Gasteiger partial charge is 0.363 e. The fourth-order valence-electron chi connectivity index (χ4n) is 1.84. The standard InChI is InChI=1S/C16H18N4O2/c1-11(21)18-13-6-4-12(5-7-13)16(22)19-14-8-9-15(17-10-14)20(2)3/h4-10H,1-3H3,(H,18,21)(H,19,22). The van der Waals surface area contributed by atoms with Gasteiger partial charge in [-0.15, -0.1) is 0 Å². The molecule has 0 aliphatic carbocycles. The van der Waals surface area contributed by atoms with Crippen molar-refractivity contribution >= 4 is 29.0 Å². The molecule has 0 aliphatic rings. The normalized spacial score (nSPS) is 9.95. The molecule has 0 bridgehead atoms. The Hall–Kier alpha value is -2.89. The van der Waals surface area contributed by atoms with Crippen LogP contribution in [0.25, 0.3) is 0 Å². The fourth-order valence-corrected chi connectivity index (χ4v) is 1.84. The smallest absolute Gasteiger partial charge is 0.255 e. The van der Waals surface area contributed by atoms with Crippen molar-refractivity contribution in [2.75, 3.05) is 29.6 Å². The van der Waals surface area contributed by atoms with Gasteiger partial charge in [-0.05, 0) is 36.4 Å². The summed E-state index contributed by atoms with van der Waals surface area (Å²) >= 11 is 0. The van der Waals surface area contributed by atoms with Gasteiger partial charge in [0.15, 0.2) is 0 Å². The van der Waals surface area contributed by atoms with E-state index in [0.29, 0.717) is 16.9 Å². The van der Waals surface area contributed by atoms with E-state index >= 15 is 0 Å². The van der Waals surface area contributed by atoms with Crippen LogP contribution in [0.5, 0.6) is 0 Å². The van der Waals surface area contributed by atoms with Crippen LogP contribution < -0.4 is 15.5 Å². The Morgan fingerprint density at radius 2 is 1.59 bits per heavy atom. The van der Waals surface area contributed by atoms with Crippen LogP contribution in [0.3, 0.4) is 0 Å². The molecule has 0 aliphatic heterocycles. The summed E-state index contributed by atoms with van der Waals surface area (Å²) in [5.74, 6) is 0.440. The molecule has 1 aromatic heterocycles. The summed E-state index contributed by atoms with van der Waals surface area (Å²) < 4.78 is 0. The van der Waals surface area contributed by atoms with E-state index < -0.39 is 0 Å². The molecule has 114 valence electrons. The number of anilines is 3. The third-order valence-corrected chi connectivity index (χ3v) is 2.93. The molecule has 0 saturated carbocycles. The second-order valence-corrected chi connectivity index (χ2v) is 5.01. The molecule has 0 spiro atoms. The molecule has 2 aromatic rings. The molecule has 0 saturated heterocycles. The first-order valence-corrected chi connectivity index (χ1v) is 6.78. The zero-order chi connectivity index (χ0) is 16.1. The molecule has 2 rings (SSSR count). The molecule has 6 nitrogen and oxygen atoms in total. The highest BCUT2D eigenvalue weighted by Gasteiger charge is 2.07. The molecule has 2 amide bonds. The lowest BCUT2D eigenvalue weighted by Gasteiger charge is -2.11. The Morgan fingerprint density at radius 3 is 2.09 bits per heavy atom. The van der Waals surface area contributed by atoms with Gasteiger partial charge in [0.1, 0.15) is 5.82 Å². The van der Waals surface area contributed by atoms with E-state index in [9.17, 15) is 9.59 Å². The van der Waals surface area contributed by atoms with Gasteiger partial charge in [-0.2, -0.15) is 0 Å². The average molecular weight is 298 g/mol. The van der Waals surface area contributed by atoms with Gasteiger partial charge in [-0.3, -0.25) is 9.59 Å². The minimum absolute atomic E-state index is 0.149. The maximum atomic E-state index is 12.1. The van der Waals surface area contributed by atoms with Crippen LogP contribution in [0.1, 0.15) is 17.3 Å². The predicted octanol–water partition coefficient (Wildman–Crippen LogP) is 2.36. The minimum Gasteiger partial charge on any atom is -0.363 e. The minimum atomic E-state index is -0.228. The summed E-state index contributed by atoms with van der Waals surface area (Å²) in [6.45, 7) is 1.44. The molecule has 22 heavy (non-hydrogen) atoms. The number of hydrogen-bond acceptors (Lipinski definition) is 4. The summed E-state index contributed by atoms with van der Waals surface area (Å²) in [6.07, 6.45) is 1.61. The number of nitrogens with one attached hydrogen (secondary N) is 2. The van der Waals surface area contributed by atoms with Gasteiger partial charge in [-0.25, -0.2) is 4.98 Å². The quantitative estimate of drug-likeness (QED) is 0.908. The first-order chi connectivity index (χ1) is 10.5. The molecule has 1 heterocycles. The van der Waals surface area contributed by atoms with Crippen LogP contribution in [0.4, 0.5) is 17.2 Å². The van der Waals surface area contributed by atoms with Crippen molar-refractivity contribution in [3.8, 4) is 0 Å². The van der Waals surface area contributed by atoms with Gasteiger partial charge in [0.25, 0.3) is 5.91 Å². The lowest BCUT2D eigenvalue weighted by molar-refractivity contribution is -0.114. The molecule has 6 heteroatoms. The number of benzene rings is 1. The zero-order valence-electron chi connectivity index (χ0n) is 12.8. The number of pyridine rings is 1. The molecule has 0 atom stereocenters. The molecular formula is C16H18N4O2. The highest BCUT2D eigenvalue weighted by molar-refractivity contribution is 6.04. The van der Waals surface area contributed by atoms with Crippen molar-refractivity contribution in [2.45, 2.75) is 6.92 Å². The Kier molecular flexibility index (Phi) is 4.73. The van der Waals surface area contributed by atoms with Crippen LogP contribution in [-0.4, -0.2) is 30.9 Å². The van der Waals surface area contributed by atoms with Crippen molar-refractivity contribution in [1.82, 2.24) is 4.98 Å². The van der Waals surface area contributed by atoms with E-state index in [-0.39, 0.29) is 11.8 Å². The van der Waals surface area contributed by atoms with Gasteiger partial charge in [-0.1, -0.05) is 0 Å². The number of amides is 2. The fraction of sp³-hybridized carbons (Fsp3) is 0.188. The molecule has 0 unspecified atom stereocenters. The van der Waals surface area contributed by atoms with E-state index in [4.69, 9.17) is 0 Å². The summed E-state index contributed by atoms with van der Waals surface area (Å²) in [7, 11) is 3.80. The third-order valence-electron chi connectivity index (χ3n) is 2.93. The number of aromatic nitrogens is 1. The first kappa shape index (κ1) is 15.5. The topological polar surface area (TPSA) is 74.3 Å². The highest BCUT2D eigenvalue weighted by atomic mass is 16.2. The Balaban J connectivity index is 2.03. The molecule has 0 fully saturated rings. The predicted molar refractivity (Wildman–Crippen MR) is 87.3 cm³/mol. The van der Waals surface area contributed by atoms with E-state index in [1.807, 2.05) is 25.1 Å². The van der Waals surface area contributed by atoms with Crippen LogP contribution in [-0.2, 0) is 4.79 Å². The van der Waals surface area contributed by atoms with E-state index in [2.05, 4.69) is 15.6 Å². The second kappa shape index (κ2) is 6.71. The highest BCUT2D eigenvalue weighted by Crippen LogP contribution is 2.14. The SMILES string of the molecule is CC(=O)Nc1ccc(C(=O)Nc2ccc(N(C)C)nc2)cc1. The van der Waals surface area contributed by atoms with Gasteiger partial charge < -0.3 is 15.5 Å². The van der Waals surface area contributed by atoms with Crippen molar-refractivity contribution in [3.05, 3.63) is 48.2 Å². The maximum absolute atomic E-state index is 12.1.